The van der Waals surface area contributed by atoms with Crippen molar-refractivity contribution in [3.63, 3.8) is 0 Å². The second-order valence-corrected chi connectivity index (χ2v) is 3.24. The molecule has 7 heteroatoms. The molecular weight excluding hydrogens is 228 g/mol. The van der Waals surface area contributed by atoms with Crippen LogP contribution in [0.25, 0.3) is 0 Å². The topological polar surface area (TPSA) is 108 Å². The van der Waals surface area contributed by atoms with E-state index in [-0.39, 0.29) is 26.0 Å². The van der Waals surface area contributed by atoms with Crippen LogP contribution in [0.1, 0.15) is 19.8 Å². The van der Waals surface area contributed by atoms with Crippen LogP contribution in [0.15, 0.2) is 0 Å². The number of carbonyl (C=O) groups excluding carboxylic acids is 3. The van der Waals surface area contributed by atoms with Crippen LogP contribution < -0.4 is 11.1 Å². The van der Waals surface area contributed by atoms with E-state index in [4.69, 9.17) is 5.73 Å². The zero-order valence-corrected chi connectivity index (χ0v) is 10.0. The van der Waals surface area contributed by atoms with Gasteiger partial charge < -0.3 is 20.5 Å². The highest BCUT2D eigenvalue weighted by atomic mass is 16.5. The molecule has 0 spiro atoms. The van der Waals surface area contributed by atoms with Gasteiger partial charge in [0.15, 0.2) is 0 Å². The molecule has 0 bridgehead atoms. The normalized spacial score (nSPS) is 11.5. The summed E-state index contributed by atoms with van der Waals surface area (Å²) in [4.78, 5) is 33.1. The van der Waals surface area contributed by atoms with Crippen LogP contribution in [0.5, 0.6) is 0 Å². The number of carbonyl (C=O) groups is 3. The number of nitrogens with two attached hydrogens (primary N) is 1. The summed E-state index contributed by atoms with van der Waals surface area (Å²) >= 11 is 0. The average Bonchev–Trinajstić information content (AvgIpc) is 2.32. The molecule has 0 aliphatic rings. The standard InChI is InChI=1S/C10H18N2O5/c1-3-17-9(14)6-12-10(15)7(11)4-5-8(13)16-2/h7H,3-6,11H2,1-2H3,(H,12,15). The second kappa shape index (κ2) is 8.51. The van der Waals surface area contributed by atoms with Gasteiger partial charge in [-0.1, -0.05) is 0 Å². The van der Waals surface area contributed by atoms with E-state index in [0.29, 0.717) is 0 Å². The number of amides is 1. The van der Waals surface area contributed by atoms with Gasteiger partial charge in [0.2, 0.25) is 5.91 Å². The van der Waals surface area contributed by atoms with Crippen molar-refractivity contribution >= 4 is 17.8 Å². The van der Waals surface area contributed by atoms with Gasteiger partial charge in [0, 0.05) is 6.42 Å². The first-order valence-electron chi connectivity index (χ1n) is 5.27. The maximum absolute atomic E-state index is 11.4. The molecule has 0 rings (SSSR count). The van der Waals surface area contributed by atoms with Gasteiger partial charge in [-0.2, -0.15) is 0 Å². The van der Waals surface area contributed by atoms with Crippen LogP contribution in [-0.4, -0.2) is 44.1 Å². The number of esters is 2. The highest BCUT2D eigenvalue weighted by molar-refractivity contribution is 5.85. The zero-order valence-electron chi connectivity index (χ0n) is 10.0. The molecular formula is C10H18N2O5. The van der Waals surface area contributed by atoms with E-state index in [9.17, 15) is 14.4 Å². The van der Waals surface area contributed by atoms with Gasteiger partial charge in [0.1, 0.15) is 6.54 Å². The summed E-state index contributed by atoms with van der Waals surface area (Å²) < 4.78 is 9.03. The minimum atomic E-state index is -0.844. The Morgan fingerprint density at radius 3 is 2.47 bits per heavy atom. The molecule has 0 aromatic carbocycles. The van der Waals surface area contributed by atoms with Crippen molar-refractivity contribution in [3.8, 4) is 0 Å². The highest BCUT2D eigenvalue weighted by Gasteiger charge is 2.16. The first-order valence-corrected chi connectivity index (χ1v) is 5.27. The molecule has 0 heterocycles. The summed E-state index contributed by atoms with van der Waals surface area (Å²) in [5.74, 6) is -1.46. The highest BCUT2D eigenvalue weighted by Crippen LogP contribution is 1.96. The number of hydrogen-bond acceptors (Lipinski definition) is 6. The van der Waals surface area contributed by atoms with E-state index >= 15 is 0 Å². The largest absolute Gasteiger partial charge is 0.469 e. The van der Waals surface area contributed by atoms with Crippen LogP contribution in [0.4, 0.5) is 0 Å². The molecule has 98 valence electrons. The van der Waals surface area contributed by atoms with Crippen LogP contribution in [0.3, 0.4) is 0 Å². The Kier molecular flexibility index (Phi) is 7.70. The maximum atomic E-state index is 11.4. The van der Waals surface area contributed by atoms with Crippen molar-refractivity contribution < 1.29 is 23.9 Å². The van der Waals surface area contributed by atoms with Crippen molar-refractivity contribution in [1.82, 2.24) is 5.32 Å². The molecule has 3 N–H and O–H groups in total. The zero-order chi connectivity index (χ0) is 13.3. The molecule has 0 aliphatic carbocycles. The molecule has 0 aromatic heterocycles. The number of rotatable bonds is 7. The molecule has 0 aromatic rings. The fourth-order valence-electron chi connectivity index (χ4n) is 1.01. The number of methoxy groups -OCH3 is 1. The van der Waals surface area contributed by atoms with Gasteiger partial charge in [-0.05, 0) is 13.3 Å². The van der Waals surface area contributed by atoms with E-state index in [1.165, 1.54) is 7.11 Å². The summed E-state index contributed by atoms with van der Waals surface area (Å²) in [5, 5.41) is 2.32. The van der Waals surface area contributed by atoms with Crippen LogP contribution in [-0.2, 0) is 23.9 Å². The SMILES string of the molecule is CCOC(=O)CNC(=O)C(N)CCC(=O)OC. The lowest BCUT2D eigenvalue weighted by atomic mass is 10.1. The second-order valence-electron chi connectivity index (χ2n) is 3.24. The summed E-state index contributed by atoms with van der Waals surface area (Å²) in [7, 11) is 1.26. The van der Waals surface area contributed by atoms with E-state index in [1.807, 2.05) is 0 Å². The van der Waals surface area contributed by atoms with Gasteiger partial charge in [0.05, 0.1) is 19.8 Å². The number of nitrogens with one attached hydrogen (secondary N) is 1. The van der Waals surface area contributed by atoms with Crippen LogP contribution in [0.2, 0.25) is 0 Å². The third-order valence-electron chi connectivity index (χ3n) is 1.94. The molecule has 0 fully saturated rings. The Balaban J connectivity index is 3.82. The molecule has 7 nitrogen and oxygen atoms in total. The Labute approximate surface area is 99.6 Å². The Morgan fingerprint density at radius 1 is 1.29 bits per heavy atom. The average molecular weight is 246 g/mol. The van der Waals surface area contributed by atoms with Crippen molar-refractivity contribution in [2.24, 2.45) is 5.73 Å². The monoisotopic (exact) mass is 246 g/mol. The number of hydrogen-bond donors (Lipinski definition) is 2. The molecule has 0 aliphatic heterocycles. The molecule has 1 amide bonds. The van der Waals surface area contributed by atoms with Gasteiger partial charge in [-0.15, -0.1) is 0 Å². The van der Waals surface area contributed by atoms with E-state index in [0.717, 1.165) is 0 Å². The van der Waals surface area contributed by atoms with Gasteiger partial charge in [-0.25, -0.2) is 0 Å². The van der Waals surface area contributed by atoms with E-state index in [2.05, 4.69) is 14.8 Å². The number of ether oxygens (including phenoxy) is 2. The Hall–Kier alpha value is -1.63. The lowest BCUT2D eigenvalue weighted by molar-refractivity contribution is -0.144. The third kappa shape index (κ3) is 7.29. The molecule has 0 saturated heterocycles. The first kappa shape index (κ1) is 15.4. The quantitative estimate of drug-likeness (QED) is 0.555. The smallest absolute Gasteiger partial charge is 0.325 e. The molecule has 17 heavy (non-hydrogen) atoms. The van der Waals surface area contributed by atoms with Crippen LogP contribution in [0, 0.1) is 0 Å². The lowest BCUT2D eigenvalue weighted by Crippen LogP contribution is -2.43. The molecule has 1 unspecified atom stereocenters. The van der Waals surface area contributed by atoms with Crippen molar-refractivity contribution in [2.45, 2.75) is 25.8 Å². The summed E-state index contributed by atoms with van der Waals surface area (Å²) in [5.41, 5.74) is 5.51. The fraction of sp³-hybridized carbons (Fsp3) is 0.700. The predicted octanol–water partition coefficient (Wildman–Crippen LogP) is -1.05. The first-order chi connectivity index (χ1) is 8.01. The van der Waals surface area contributed by atoms with Gasteiger partial charge in [-0.3, -0.25) is 14.4 Å². The summed E-state index contributed by atoms with van der Waals surface area (Å²) in [6.45, 7) is 1.70. The third-order valence-corrected chi connectivity index (χ3v) is 1.94. The Morgan fingerprint density at radius 2 is 1.94 bits per heavy atom. The molecule has 0 saturated carbocycles. The maximum Gasteiger partial charge on any atom is 0.325 e. The molecule has 1 atom stereocenters. The van der Waals surface area contributed by atoms with Crippen molar-refractivity contribution in [3.05, 3.63) is 0 Å². The minimum Gasteiger partial charge on any atom is -0.469 e. The van der Waals surface area contributed by atoms with Gasteiger partial charge in [0.25, 0.3) is 0 Å². The van der Waals surface area contributed by atoms with Gasteiger partial charge >= 0.3 is 11.9 Å². The Bertz CT molecular complexity index is 280. The molecule has 0 radical (unpaired) electrons. The summed E-state index contributed by atoms with van der Waals surface area (Å²) in [6.07, 6.45) is 0.228. The predicted molar refractivity (Wildman–Crippen MR) is 58.9 cm³/mol. The van der Waals surface area contributed by atoms with Crippen molar-refractivity contribution in [2.75, 3.05) is 20.3 Å². The summed E-state index contributed by atoms with van der Waals surface area (Å²) in [6, 6.07) is -0.844. The van der Waals surface area contributed by atoms with Crippen molar-refractivity contribution in [1.29, 1.82) is 0 Å². The minimum absolute atomic E-state index is 0.0600. The lowest BCUT2D eigenvalue weighted by Gasteiger charge is -2.10. The van der Waals surface area contributed by atoms with E-state index in [1.54, 1.807) is 6.92 Å². The fourth-order valence-corrected chi connectivity index (χ4v) is 1.01. The van der Waals surface area contributed by atoms with Crippen LogP contribution >= 0.6 is 0 Å². The van der Waals surface area contributed by atoms with E-state index < -0.39 is 23.9 Å².